The largest absolute Gasteiger partial charge is 0.480 e. The van der Waals surface area contributed by atoms with E-state index in [1.54, 1.807) is 19.9 Å². The van der Waals surface area contributed by atoms with Crippen LogP contribution >= 0.6 is 0 Å². The lowest BCUT2D eigenvalue weighted by Crippen LogP contribution is -2.50. The van der Waals surface area contributed by atoms with E-state index >= 15 is 0 Å². The molecule has 1 aromatic heterocycles. The van der Waals surface area contributed by atoms with Gasteiger partial charge in [-0.2, -0.15) is 0 Å². The van der Waals surface area contributed by atoms with Gasteiger partial charge in [0.1, 0.15) is 17.6 Å². The van der Waals surface area contributed by atoms with Gasteiger partial charge in [-0.15, -0.1) is 0 Å². The third kappa shape index (κ3) is 1.81. The number of aliphatic carboxylic acids is 1. The zero-order valence-electron chi connectivity index (χ0n) is 9.90. The first kappa shape index (κ1) is 11.7. The summed E-state index contributed by atoms with van der Waals surface area (Å²) in [6.07, 6.45) is 2.58. The number of carboxylic acid groups (broad SMARTS) is 1. The van der Waals surface area contributed by atoms with Crippen LogP contribution in [0.25, 0.3) is 0 Å². The number of likely N-dealkylation sites (tertiary alicyclic amines) is 1. The van der Waals surface area contributed by atoms with E-state index in [2.05, 4.69) is 0 Å². The van der Waals surface area contributed by atoms with Crippen LogP contribution in [0, 0.1) is 6.92 Å². The van der Waals surface area contributed by atoms with Gasteiger partial charge in [0.15, 0.2) is 0 Å². The molecule has 92 valence electrons. The summed E-state index contributed by atoms with van der Waals surface area (Å²) in [7, 11) is 0. The number of carbonyl (C=O) groups is 2. The molecule has 0 radical (unpaired) electrons. The van der Waals surface area contributed by atoms with Gasteiger partial charge in [-0.25, -0.2) is 4.79 Å². The Kier molecular flexibility index (Phi) is 2.69. The maximum Gasteiger partial charge on any atom is 0.329 e. The zero-order chi connectivity index (χ0) is 12.6. The molecule has 1 aliphatic rings. The van der Waals surface area contributed by atoms with Crippen molar-refractivity contribution in [1.82, 2.24) is 4.90 Å². The second-order valence-corrected chi connectivity index (χ2v) is 4.59. The second-order valence-electron chi connectivity index (χ2n) is 4.59. The molecule has 0 saturated carbocycles. The molecular weight excluding hydrogens is 222 g/mol. The smallest absolute Gasteiger partial charge is 0.329 e. The number of aryl methyl sites for hydroxylation is 1. The van der Waals surface area contributed by atoms with Gasteiger partial charge in [-0.05, 0) is 32.8 Å². The Bertz CT molecular complexity index is 465. The van der Waals surface area contributed by atoms with Crippen molar-refractivity contribution in [3.63, 3.8) is 0 Å². The van der Waals surface area contributed by atoms with E-state index < -0.39 is 11.5 Å². The maximum absolute atomic E-state index is 12.2. The van der Waals surface area contributed by atoms with E-state index in [4.69, 9.17) is 4.42 Å². The quantitative estimate of drug-likeness (QED) is 0.849. The van der Waals surface area contributed by atoms with Crippen molar-refractivity contribution in [2.45, 2.75) is 32.2 Å². The molecule has 1 unspecified atom stereocenters. The number of rotatable bonds is 2. The van der Waals surface area contributed by atoms with Gasteiger partial charge < -0.3 is 14.4 Å². The predicted molar refractivity (Wildman–Crippen MR) is 59.8 cm³/mol. The third-order valence-corrected chi connectivity index (χ3v) is 3.32. The molecule has 17 heavy (non-hydrogen) atoms. The average Bonchev–Trinajstić information content (AvgIpc) is 2.85. The van der Waals surface area contributed by atoms with E-state index in [1.165, 1.54) is 11.2 Å². The van der Waals surface area contributed by atoms with Crippen molar-refractivity contribution in [3.05, 3.63) is 23.7 Å². The van der Waals surface area contributed by atoms with Gasteiger partial charge in [-0.1, -0.05) is 0 Å². The van der Waals surface area contributed by atoms with Crippen LogP contribution < -0.4 is 0 Å². The first-order valence-corrected chi connectivity index (χ1v) is 5.55. The summed E-state index contributed by atoms with van der Waals surface area (Å²) in [6.45, 7) is 3.82. The van der Waals surface area contributed by atoms with E-state index in [-0.39, 0.29) is 5.91 Å². The van der Waals surface area contributed by atoms with Gasteiger partial charge >= 0.3 is 5.97 Å². The van der Waals surface area contributed by atoms with E-state index in [0.717, 1.165) is 0 Å². The molecule has 2 heterocycles. The fraction of sp³-hybridized carbons (Fsp3) is 0.500. The van der Waals surface area contributed by atoms with Crippen LogP contribution in [0.3, 0.4) is 0 Å². The fourth-order valence-corrected chi connectivity index (χ4v) is 2.22. The highest BCUT2D eigenvalue weighted by atomic mass is 16.4. The highest BCUT2D eigenvalue weighted by Crippen LogP contribution is 2.31. The number of furan rings is 1. The minimum atomic E-state index is -1.09. The summed E-state index contributed by atoms with van der Waals surface area (Å²) >= 11 is 0. The molecule has 5 nitrogen and oxygen atoms in total. The molecule has 1 N–H and O–H groups in total. The second kappa shape index (κ2) is 3.91. The first-order valence-electron chi connectivity index (χ1n) is 5.55. The molecule has 1 amide bonds. The van der Waals surface area contributed by atoms with Gasteiger partial charge in [0.25, 0.3) is 5.91 Å². The zero-order valence-corrected chi connectivity index (χ0v) is 9.90. The van der Waals surface area contributed by atoms with Crippen LogP contribution in [0.2, 0.25) is 0 Å². The van der Waals surface area contributed by atoms with E-state index in [1.807, 2.05) is 0 Å². The van der Waals surface area contributed by atoms with Crippen molar-refractivity contribution in [1.29, 1.82) is 0 Å². The summed E-state index contributed by atoms with van der Waals surface area (Å²) < 4.78 is 5.08. The Labute approximate surface area is 99.0 Å². The number of carbonyl (C=O) groups excluding carboxylic acids is 1. The lowest BCUT2D eigenvalue weighted by Gasteiger charge is -2.30. The molecule has 1 atom stereocenters. The van der Waals surface area contributed by atoms with Crippen molar-refractivity contribution < 1.29 is 19.1 Å². The van der Waals surface area contributed by atoms with Crippen molar-refractivity contribution in [2.75, 3.05) is 6.54 Å². The minimum absolute atomic E-state index is 0.274. The Morgan fingerprint density at radius 1 is 1.53 bits per heavy atom. The number of carboxylic acids is 1. The lowest BCUT2D eigenvalue weighted by atomic mass is 9.99. The highest BCUT2D eigenvalue weighted by Gasteiger charge is 2.46. The number of nitrogens with zero attached hydrogens (tertiary/aromatic N) is 1. The Hall–Kier alpha value is -1.78. The Balaban J connectivity index is 2.28. The number of amides is 1. The molecule has 0 bridgehead atoms. The van der Waals surface area contributed by atoms with Crippen LogP contribution in [0.15, 0.2) is 16.7 Å². The number of hydrogen-bond acceptors (Lipinski definition) is 3. The molecule has 1 aliphatic heterocycles. The highest BCUT2D eigenvalue weighted by molar-refractivity contribution is 5.98. The molecule has 2 rings (SSSR count). The molecule has 5 heteroatoms. The minimum Gasteiger partial charge on any atom is -0.480 e. The summed E-state index contributed by atoms with van der Waals surface area (Å²) in [5, 5.41) is 9.23. The fourth-order valence-electron chi connectivity index (χ4n) is 2.22. The van der Waals surface area contributed by atoms with Crippen molar-refractivity contribution in [2.24, 2.45) is 0 Å². The lowest BCUT2D eigenvalue weighted by molar-refractivity contribution is -0.147. The van der Waals surface area contributed by atoms with Crippen LogP contribution in [0.4, 0.5) is 0 Å². The SMILES string of the molecule is Cc1cc(C(=O)N2CCCC2(C)C(=O)O)co1. The van der Waals surface area contributed by atoms with Crippen LogP contribution in [0.5, 0.6) is 0 Å². The summed E-state index contributed by atoms with van der Waals surface area (Å²) in [4.78, 5) is 24.9. The van der Waals surface area contributed by atoms with E-state index in [0.29, 0.717) is 30.7 Å². The molecule has 1 aromatic rings. The predicted octanol–water partition coefficient (Wildman–Crippen LogP) is 1.67. The average molecular weight is 237 g/mol. The van der Waals surface area contributed by atoms with Gasteiger partial charge in [0.05, 0.1) is 5.56 Å². The standard InChI is InChI=1S/C12H15NO4/c1-8-6-9(7-17-8)10(14)13-5-3-4-12(13,2)11(15)16/h6-7H,3-5H2,1-2H3,(H,15,16). The van der Waals surface area contributed by atoms with Crippen molar-refractivity contribution >= 4 is 11.9 Å². The summed E-state index contributed by atoms with van der Waals surface area (Å²) in [6, 6.07) is 1.63. The molecule has 1 saturated heterocycles. The normalized spacial score (nSPS) is 24.0. The third-order valence-electron chi connectivity index (χ3n) is 3.32. The molecule has 0 aliphatic carbocycles. The van der Waals surface area contributed by atoms with E-state index in [9.17, 15) is 14.7 Å². The molecule has 1 fully saturated rings. The molecule has 0 aromatic carbocycles. The van der Waals surface area contributed by atoms with Gasteiger partial charge in [0.2, 0.25) is 0 Å². The van der Waals surface area contributed by atoms with Crippen LogP contribution in [-0.4, -0.2) is 34.0 Å². The molecular formula is C12H15NO4. The number of hydrogen-bond donors (Lipinski definition) is 1. The van der Waals surface area contributed by atoms with Gasteiger partial charge in [-0.3, -0.25) is 4.79 Å². The first-order chi connectivity index (χ1) is 7.95. The van der Waals surface area contributed by atoms with Crippen LogP contribution in [0.1, 0.15) is 35.9 Å². The maximum atomic E-state index is 12.2. The Morgan fingerprint density at radius 2 is 2.24 bits per heavy atom. The van der Waals surface area contributed by atoms with Gasteiger partial charge in [0, 0.05) is 6.54 Å². The molecule has 0 spiro atoms. The van der Waals surface area contributed by atoms with Crippen molar-refractivity contribution in [3.8, 4) is 0 Å². The topological polar surface area (TPSA) is 70.8 Å². The summed E-state index contributed by atoms with van der Waals surface area (Å²) in [5.41, 5.74) is -0.681. The van der Waals surface area contributed by atoms with Crippen LogP contribution in [-0.2, 0) is 4.79 Å². The Morgan fingerprint density at radius 3 is 2.76 bits per heavy atom. The summed E-state index contributed by atoms with van der Waals surface area (Å²) in [5.74, 6) is -0.586. The monoisotopic (exact) mass is 237 g/mol.